The zero-order valence-electron chi connectivity index (χ0n) is 19.3. The number of carbonyl (C=O) groups excluding carboxylic acids is 2. The maximum absolute atomic E-state index is 13.1. The Labute approximate surface area is 200 Å². The van der Waals surface area contributed by atoms with E-state index in [-0.39, 0.29) is 17.9 Å². The largest absolute Gasteiger partial charge is 0.497 e. The van der Waals surface area contributed by atoms with E-state index < -0.39 is 6.04 Å². The van der Waals surface area contributed by atoms with Crippen LogP contribution in [0.25, 0.3) is 0 Å². The Morgan fingerprint density at radius 3 is 2.53 bits per heavy atom. The Morgan fingerprint density at radius 1 is 1.16 bits per heavy atom. The molecule has 174 valence electrons. The fourth-order valence-corrected chi connectivity index (χ4v) is 4.08. The number of nitrogens with zero attached hydrogens (tertiary/aromatic N) is 1. The van der Waals surface area contributed by atoms with Gasteiger partial charge in [0.2, 0.25) is 11.8 Å². The fourth-order valence-electron chi connectivity index (χ4n) is 3.10. The molecule has 5 nitrogen and oxygen atoms in total. The first-order valence-electron chi connectivity index (χ1n) is 10.9. The second kappa shape index (κ2) is 13.4. The van der Waals surface area contributed by atoms with Crippen molar-refractivity contribution in [3.05, 3.63) is 59.1 Å². The molecular formula is C25H33ClN2O3S. The molecule has 2 atom stereocenters. The number of halogens is 1. The molecule has 0 saturated heterocycles. The summed E-state index contributed by atoms with van der Waals surface area (Å²) in [5, 5.41) is 3.70. The van der Waals surface area contributed by atoms with Gasteiger partial charge >= 0.3 is 0 Å². The van der Waals surface area contributed by atoms with Crippen molar-refractivity contribution < 1.29 is 14.3 Å². The zero-order valence-corrected chi connectivity index (χ0v) is 20.8. The van der Waals surface area contributed by atoms with Crippen LogP contribution < -0.4 is 10.1 Å². The van der Waals surface area contributed by atoms with Gasteiger partial charge in [-0.15, -0.1) is 11.8 Å². The van der Waals surface area contributed by atoms with E-state index in [1.54, 1.807) is 30.7 Å². The average Bonchev–Trinajstić information content (AvgIpc) is 2.80. The summed E-state index contributed by atoms with van der Waals surface area (Å²) in [6, 6.07) is 14.8. The van der Waals surface area contributed by atoms with Crippen molar-refractivity contribution in [2.75, 3.05) is 12.9 Å². The number of hydrogen-bond donors (Lipinski definition) is 1. The van der Waals surface area contributed by atoms with Crippen molar-refractivity contribution in [3.8, 4) is 5.75 Å². The average molecular weight is 477 g/mol. The van der Waals surface area contributed by atoms with Gasteiger partial charge in [-0.1, -0.05) is 30.7 Å². The number of hydrogen-bond acceptors (Lipinski definition) is 4. The zero-order chi connectivity index (χ0) is 23.5. The standard InChI is InChI=1S/C25H33ClN2O3S/c1-5-18(2)27-25(30)19(3)28(17-20-8-6-9-22(16-20)31-4)24(29)10-7-15-32-23-13-11-21(26)12-14-23/h6,8-9,11-14,16,18-19H,5,7,10,15,17H2,1-4H3,(H,27,30)/t18-,19-/m1/s1. The Bertz CT molecular complexity index is 876. The number of benzene rings is 2. The van der Waals surface area contributed by atoms with Gasteiger partial charge in [0.05, 0.1) is 7.11 Å². The third kappa shape index (κ3) is 8.40. The number of methoxy groups -OCH3 is 1. The van der Waals surface area contributed by atoms with Crippen LogP contribution in [0.2, 0.25) is 5.02 Å². The lowest BCUT2D eigenvalue weighted by Crippen LogP contribution is -2.49. The van der Waals surface area contributed by atoms with Gasteiger partial charge in [0.25, 0.3) is 0 Å². The van der Waals surface area contributed by atoms with Gasteiger partial charge in [0, 0.05) is 28.9 Å². The number of nitrogens with one attached hydrogen (secondary N) is 1. The van der Waals surface area contributed by atoms with Gasteiger partial charge < -0.3 is 15.0 Å². The highest BCUT2D eigenvalue weighted by atomic mass is 35.5. The molecule has 32 heavy (non-hydrogen) atoms. The van der Waals surface area contributed by atoms with Crippen LogP contribution in [-0.4, -0.2) is 41.7 Å². The summed E-state index contributed by atoms with van der Waals surface area (Å²) >= 11 is 7.62. The van der Waals surface area contributed by atoms with Gasteiger partial charge in [-0.25, -0.2) is 0 Å². The summed E-state index contributed by atoms with van der Waals surface area (Å²) < 4.78 is 5.31. The number of rotatable bonds is 12. The highest BCUT2D eigenvalue weighted by Crippen LogP contribution is 2.22. The second-order valence-electron chi connectivity index (χ2n) is 7.77. The van der Waals surface area contributed by atoms with Gasteiger partial charge in [0.15, 0.2) is 0 Å². The van der Waals surface area contributed by atoms with E-state index in [1.807, 2.05) is 62.4 Å². The minimum atomic E-state index is -0.563. The molecule has 0 spiro atoms. The van der Waals surface area contributed by atoms with Gasteiger partial charge in [0.1, 0.15) is 11.8 Å². The molecule has 0 heterocycles. The number of thioether (sulfide) groups is 1. The molecule has 0 aromatic heterocycles. The van der Waals surface area contributed by atoms with Crippen molar-refractivity contribution in [1.82, 2.24) is 10.2 Å². The van der Waals surface area contributed by atoms with Crippen LogP contribution in [0, 0.1) is 0 Å². The van der Waals surface area contributed by atoms with Crippen LogP contribution in [-0.2, 0) is 16.1 Å². The van der Waals surface area contributed by atoms with Crippen LogP contribution in [0.1, 0.15) is 45.6 Å². The van der Waals surface area contributed by atoms with E-state index >= 15 is 0 Å². The van der Waals surface area contributed by atoms with Crippen LogP contribution in [0.15, 0.2) is 53.4 Å². The highest BCUT2D eigenvalue weighted by molar-refractivity contribution is 7.99. The SMILES string of the molecule is CC[C@@H](C)NC(=O)[C@@H](C)N(Cc1cccc(OC)c1)C(=O)CCCSc1ccc(Cl)cc1. The summed E-state index contributed by atoms with van der Waals surface area (Å²) in [6.07, 6.45) is 1.94. The topological polar surface area (TPSA) is 58.6 Å². The number of carbonyl (C=O) groups is 2. The minimum Gasteiger partial charge on any atom is -0.497 e. The van der Waals surface area contributed by atoms with Crippen molar-refractivity contribution in [3.63, 3.8) is 0 Å². The molecule has 0 aliphatic heterocycles. The van der Waals surface area contributed by atoms with Crippen LogP contribution in [0.4, 0.5) is 0 Å². The van der Waals surface area contributed by atoms with Crippen LogP contribution in [0.5, 0.6) is 5.75 Å². The molecule has 0 aliphatic rings. The smallest absolute Gasteiger partial charge is 0.242 e. The van der Waals surface area contributed by atoms with E-state index in [1.165, 1.54) is 0 Å². The predicted octanol–water partition coefficient (Wildman–Crippen LogP) is 5.55. The molecule has 7 heteroatoms. The Hall–Kier alpha value is -2.18. The van der Waals surface area contributed by atoms with E-state index in [0.29, 0.717) is 18.0 Å². The van der Waals surface area contributed by atoms with E-state index in [2.05, 4.69) is 5.32 Å². The molecule has 2 aromatic carbocycles. The quantitative estimate of drug-likeness (QED) is 0.322. The summed E-state index contributed by atoms with van der Waals surface area (Å²) in [5.74, 6) is 1.38. The van der Waals surface area contributed by atoms with Crippen molar-refractivity contribution >= 4 is 35.2 Å². The summed E-state index contributed by atoms with van der Waals surface area (Å²) in [4.78, 5) is 28.7. The van der Waals surface area contributed by atoms with E-state index in [4.69, 9.17) is 16.3 Å². The molecule has 0 aliphatic carbocycles. The maximum atomic E-state index is 13.1. The molecule has 2 amide bonds. The first-order valence-corrected chi connectivity index (χ1v) is 12.3. The molecule has 0 unspecified atom stereocenters. The lowest BCUT2D eigenvalue weighted by Gasteiger charge is -2.30. The Balaban J connectivity index is 2.03. The normalized spacial score (nSPS) is 12.7. The first kappa shape index (κ1) is 26.1. The Kier molecular flexibility index (Phi) is 10.9. The molecule has 0 saturated carbocycles. The van der Waals surface area contributed by atoms with Crippen molar-refractivity contribution in [1.29, 1.82) is 0 Å². The lowest BCUT2D eigenvalue weighted by atomic mass is 10.1. The summed E-state index contributed by atoms with van der Waals surface area (Å²) in [7, 11) is 1.61. The van der Waals surface area contributed by atoms with Gasteiger partial charge in [-0.3, -0.25) is 9.59 Å². The third-order valence-corrected chi connectivity index (χ3v) is 6.62. The minimum absolute atomic E-state index is 0.0312. The number of ether oxygens (including phenoxy) is 1. The monoisotopic (exact) mass is 476 g/mol. The molecule has 0 radical (unpaired) electrons. The molecular weight excluding hydrogens is 444 g/mol. The van der Waals surface area contributed by atoms with Crippen molar-refractivity contribution in [2.45, 2.75) is 63.6 Å². The van der Waals surface area contributed by atoms with Crippen LogP contribution >= 0.6 is 23.4 Å². The van der Waals surface area contributed by atoms with Crippen molar-refractivity contribution in [2.24, 2.45) is 0 Å². The van der Waals surface area contributed by atoms with E-state index in [0.717, 1.165) is 34.8 Å². The summed E-state index contributed by atoms with van der Waals surface area (Å²) in [5.41, 5.74) is 0.927. The summed E-state index contributed by atoms with van der Waals surface area (Å²) in [6.45, 7) is 6.13. The first-order chi connectivity index (χ1) is 15.3. The predicted molar refractivity (Wildman–Crippen MR) is 132 cm³/mol. The lowest BCUT2D eigenvalue weighted by molar-refractivity contribution is -0.140. The molecule has 0 bridgehead atoms. The van der Waals surface area contributed by atoms with Gasteiger partial charge in [-0.2, -0.15) is 0 Å². The fraction of sp³-hybridized carbons (Fsp3) is 0.440. The molecule has 1 N–H and O–H groups in total. The molecule has 0 fully saturated rings. The van der Waals surface area contributed by atoms with Gasteiger partial charge in [-0.05, 0) is 74.4 Å². The van der Waals surface area contributed by atoms with Crippen LogP contribution in [0.3, 0.4) is 0 Å². The Morgan fingerprint density at radius 2 is 1.88 bits per heavy atom. The molecule has 2 rings (SSSR count). The van der Waals surface area contributed by atoms with E-state index in [9.17, 15) is 9.59 Å². The highest BCUT2D eigenvalue weighted by Gasteiger charge is 2.26. The number of amides is 2. The maximum Gasteiger partial charge on any atom is 0.242 e. The molecule has 2 aromatic rings. The second-order valence-corrected chi connectivity index (χ2v) is 9.38. The third-order valence-electron chi connectivity index (χ3n) is 5.27.